The zero-order valence-corrected chi connectivity index (χ0v) is 17.1. The Bertz CT molecular complexity index is 1050. The smallest absolute Gasteiger partial charge is 0.204 e. The first kappa shape index (κ1) is 20.1. The largest absolute Gasteiger partial charge is 0.290 e. The summed E-state index contributed by atoms with van der Waals surface area (Å²) in [6.45, 7) is 0. The maximum absolute atomic E-state index is 14.4. The van der Waals surface area contributed by atoms with Crippen molar-refractivity contribution in [3.05, 3.63) is 126 Å². The molecule has 0 aliphatic rings. The molecule has 0 saturated heterocycles. The minimum atomic E-state index is -2.42. The van der Waals surface area contributed by atoms with Gasteiger partial charge in [-0.25, -0.2) is 8.78 Å². The van der Waals surface area contributed by atoms with E-state index in [0.29, 0.717) is 0 Å². The summed E-state index contributed by atoms with van der Waals surface area (Å²) in [4.78, 5) is 13.4. The summed E-state index contributed by atoms with van der Waals surface area (Å²) in [6.07, 6.45) is 0.119. The quantitative estimate of drug-likeness (QED) is 0.314. The Morgan fingerprint density at radius 2 is 1.07 bits per heavy atom. The summed E-state index contributed by atoms with van der Waals surface area (Å²) < 4.78 is 27.8. The molecule has 0 unspecified atom stereocenters. The normalized spacial score (nSPS) is 11.3. The lowest BCUT2D eigenvalue weighted by molar-refractivity contribution is 0.101. The number of rotatable bonds is 6. The SMILES string of the molecule is O=C(C[P+](c1ccccc1)(c1ccccc1)c1ccccc1)c1ccc(F)cc1F. The van der Waals surface area contributed by atoms with Gasteiger partial charge in [0, 0.05) is 6.07 Å². The standard InChI is InChI=1S/C26H20F2OP/c27-20-16-17-24(25(28)18-20)26(29)19-30(21-10-4-1-5-11-21,22-12-6-2-7-13-22)23-14-8-3-9-15-23/h1-18H,19H2/q+1. The van der Waals surface area contributed by atoms with Crippen molar-refractivity contribution in [3.63, 3.8) is 0 Å². The highest BCUT2D eigenvalue weighted by molar-refractivity contribution is 7.96. The molecule has 0 bridgehead atoms. The van der Waals surface area contributed by atoms with Crippen molar-refractivity contribution >= 4 is 29.0 Å². The monoisotopic (exact) mass is 417 g/mol. The van der Waals surface area contributed by atoms with E-state index in [1.54, 1.807) is 0 Å². The van der Waals surface area contributed by atoms with Crippen molar-refractivity contribution in [1.82, 2.24) is 0 Å². The Morgan fingerprint density at radius 1 is 0.633 bits per heavy atom. The second kappa shape index (κ2) is 8.69. The number of halogens is 2. The second-order valence-electron chi connectivity index (χ2n) is 7.02. The number of benzene rings is 4. The van der Waals surface area contributed by atoms with Crippen LogP contribution in [-0.2, 0) is 0 Å². The van der Waals surface area contributed by atoms with Crippen molar-refractivity contribution in [2.24, 2.45) is 0 Å². The molecule has 0 fully saturated rings. The van der Waals surface area contributed by atoms with E-state index in [1.165, 1.54) is 6.07 Å². The van der Waals surface area contributed by atoms with Gasteiger partial charge in [0.05, 0.1) is 5.56 Å². The van der Waals surface area contributed by atoms with Crippen LogP contribution in [0, 0.1) is 11.6 Å². The lowest BCUT2D eigenvalue weighted by atomic mass is 10.1. The van der Waals surface area contributed by atoms with Gasteiger partial charge in [0.25, 0.3) is 0 Å². The molecular formula is C26H20F2OP+. The number of Topliss-reactive ketones (excluding diaryl/α,β-unsaturated/α-hetero) is 1. The molecule has 0 spiro atoms. The van der Waals surface area contributed by atoms with Crippen molar-refractivity contribution in [1.29, 1.82) is 0 Å². The van der Waals surface area contributed by atoms with Gasteiger partial charge >= 0.3 is 0 Å². The first-order valence-corrected chi connectivity index (χ1v) is 11.6. The summed E-state index contributed by atoms with van der Waals surface area (Å²) in [6, 6.07) is 32.9. The third-order valence-electron chi connectivity index (χ3n) is 5.20. The van der Waals surface area contributed by atoms with Crippen LogP contribution in [0.5, 0.6) is 0 Å². The van der Waals surface area contributed by atoms with Crippen LogP contribution in [0.3, 0.4) is 0 Å². The molecule has 0 atom stereocenters. The summed E-state index contributed by atoms with van der Waals surface area (Å²) in [5.74, 6) is -1.86. The first-order valence-electron chi connectivity index (χ1n) is 9.64. The number of hydrogen-bond acceptors (Lipinski definition) is 1. The van der Waals surface area contributed by atoms with Crippen LogP contribution >= 0.6 is 7.26 Å². The number of hydrogen-bond donors (Lipinski definition) is 0. The molecule has 4 rings (SSSR count). The lowest BCUT2D eigenvalue weighted by Crippen LogP contribution is -2.36. The van der Waals surface area contributed by atoms with Gasteiger partial charge in [-0.2, -0.15) is 0 Å². The molecule has 0 heterocycles. The van der Waals surface area contributed by atoms with E-state index in [0.717, 1.165) is 28.0 Å². The molecule has 4 aromatic rings. The topological polar surface area (TPSA) is 17.1 Å². The summed E-state index contributed by atoms with van der Waals surface area (Å²) in [7, 11) is -2.42. The van der Waals surface area contributed by atoms with E-state index < -0.39 is 18.9 Å². The molecule has 0 radical (unpaired) electrons. The van der Waals surface area contributed by atoms with Gasteiger partial charge in [-0.05, 0) is 48.5 Å². The van der Waals surface area contributed by atoms with E-state index in [2.05, 4.69) is 0 Å². The molecule has 0 aliphatic heterocycles. The highest BCUT2D eigenvalue weighted by Gasteiger charge is 2.47. The molecule has 1 nitrogen and oxygen atoms in total. The van der Waals surface area contributed by atoms with E-state index in [1.807, 2.05) is 91.0 Å². The molecule has 0 amide bonds. The average molecular weight is 417 g/mol. The summed E-state index contributed by atoms with van der Waals surface area (Å²) >= 11 is 0. The lowest BCUT2D eigenvalue weighted by Gasteiger charge is -2.27. The number of carbonyl (C=O) groups is 1. The van der Waals surface area contributed by atoms with Crippen LogP contribution < -0.4 is 15.9 Å². The van der Waals surface area contributed by atoms with E-state index in [4.69, 9.17) is 0 Å². The number of ketones is 1. The van der Waals surface area contributed by atoms with Crippen LogP contribution in [0.15, 0.2) is 109 Å². The molecule has 148 valence electrons. The van der Waals surface area contributed by atoms with Crippen LogP contribution in [0.4, 0.5) is 8.78 Å². The molecule has 30 heavy (non-hydrogen) atoms. The Hall–Kier alpha value is -3.16. The van der Waals surface area contributed by atoms with Gasteiger partial charge < -0.3 is 0 Å². The molecule has 0 saturated carbocycles. The molecule has 4 heteroatoms. The summed E-state index contributed by atoms with van der Waals surface area (Å²) in [5, 5.41) is 3.12. The molecule has 0 aromatic heterocycles. The maximum atomic E-state index is 14.4. The highest BCUT2D eigenvalue weighted by atomic mass is 31.2. The van der Waals surface area contributed by atoms with Crippen LogP contribution in [0.2, 0.25) is 0 Å². The van der Waals surface area contributed by atoms with Crippen molar-refractivity contribution in [2.75, 3.05) is 6.16 Å². The molecule has 0 N–H and O–H groups in total. The van der Waals surface area contributed by atoms with E-state index in [9.17, 15) is 13.6 Å². The fraction of sp³-hybridized carbons (Fsp3) is 0.0385. The van der Waals surface area contributed by atoms with Gasteiger partial charge in [-0.1, -0.05) is 54.6 Å². The average Bonchev–Trinajstić information content (AvgIpc) is 2.79. The maximum Gasteiger partial charge on any atom is 0.204 e. The zero-order chi connectivity index (χ0) is 21.0. The molecular weight excluding hydrogens is 397 g/mol. The Kier molecular flexibility index (Phi) is 5.83. The molecule has 4 aromatic carbocycles. The Labute approximate surface area is 175 Å². The van der Waals surface area contributed by atoms with Crippen molar-refractivity contribution < 1.29 is 13.6 Å². The Balaban J connectivity index is 1.94. The van der Waals surface area contributed by atoms with Gasteiger partial charge in [0.2, 0.25) is 5.78 Å². The number of carbonyl (C=O) groups excluding carboxylic acids is 1. The third kappa shape index (κ3) is 3.81. The second-order valence-corrected chi connectivity index (χ2v) is 10.5. The van der Waals surface area contributed by atoms with Gasteiger partial charge in [-0.3, -0.25) is 4.79 Å². The minimum absolute atomic E-state index is 0.0800. The van der Waals surface area contributed by atoms with Gasteiger partial charge in [-0.15, -0.1) is 0 Å². The van der Waals surface area contributed by atoms with Crippen LogP contribution in [0.1, 0.15) is 10.4 Å². The molecule has 0 aliphatic carbocycles. The highest BCUT2D eigenvalue weighted by Crippen LogP contribution is 2.55. The van der Waals surface area contributed by atoms with Gasteiger partial charge in [0.15, 0.2) is 0 Å². The predicted molar refractivity (Wildman–Crippen MR) is 121 cm³/mol. The fourth-order valence-corrected chi connectivity index (χ4v) is 7.87. The van der Waals surface area contributed by atoms with Gasteiger partial charge in [0.1, 0.15) is 41.0 Å². The van der Waals surface area contributed by atoms with Crippen molar-refractivity contribution in [3.8, 4) is 0 Å². The van der Waals surface area contributed by atoms with Crippen molar-refractivity contribution in [2.45, 2.75) is 0 Å². The van der Waals surface area contributed by atoms with E-state index >= 15 is 0 Å². The predicted octanol–water partition coefficient (Wildman–Crippen LogP) is 5.14. The zero-order valence-electron chi connectivity index (χ0n) is 16.2. The Morgan fingerprint density at radius 3 is 1.47 bits per heavy atom. The minimum Gasteiger partial charge on any atom is -0.290 e. The van der Waals surface area contributed by atoms with Crippen LogP contribution in [0.25, 0.3) is 0 Å². The third-order valence-corrected chi connectivity index (χ3v) is 9.50. The summed E-state index contributed by atoms with van der Waals surface area (Å²) in [5.41, 5.74) is -0.0800. The fourth-order valence-electron chi connectivity index (χ4n) is 3.78. The van der Waals surface area contributed by atoms with E-state index in [-0.39, 0.29) is 17.5 Å². The van der Waals surface area contributed by atoms with Crippen LogP contribution in [-0.4, -0.2) is 11.9 Å². The first-order chi connectivity index (χ1) is 14.6.